The van der Waals surface area contributed by atoms with Gasteiger partial charge in [-0.05, 0) is 24.3 Å². The molecule has 1 saturated heterocycles. The lowest BCUT2D eigenvalue weighted by molar-refractivity contribution is 0.0761. The molecule has 1 aliphatic heterocycles. The number of aryl methyl sites for hydroxylation is 1. The van der Waals surface area contributed by atoms with Gasteiger partial charge in [0, 0.05) is 43.5 Å². The summed E-state index contributed by atoms with van der Waals surface area (Å²) in [6.45, 7) is 6.66. The van der Waals surface area contributed by atoms with Crippen molar-refractivity contribution in [2.45, 2.75) is 26.3 Å². The van der Waals surface area contributed by atoms with Gasteiger partial charge in [-0.2, -0.15) is 11.3 Å². The van der Waals surface area contributed by atoms with Gasteiger partial charge < -0.3 is 4.90 Å². The van der Waals surface area contributed by atoms with E-state index in [0.29, 0.717) is 0 Å². The van der Waals surface area contributed by atoms with Gasteiger partial charge in [-0.1, -0.05) is 6.92 Å². The standard InChI is InChI=1S/C16H21N3OS2/c1-2-15-17-14(12-22-15)10-18-5-3-6-19(8-7-18)16(20)13-4-9-21-11-13/h4,9,11-12H,2-3,5-8,10H2,1H3. The minimum Gasteiger partial charge on any atom is -0.337 e. The van der Waals surface area contributed by atoms with E-state index in [1.54, 1.807) is 22.7 Å². The van der Waals surface area contributed by atoms with E-state index in [4.69, 9.17) is 0 Å². The van der Waals surface area contributed by atoms with Crippen LogP contribution in [-0.2, 0) is 13.0 Å². The van der Waals surface area contributed by atoms with Crippen LogP contribution in [0.1, 0.15) is 34.4 Å². The van der Waals surface area contributed by atoms with Crippen LogP contribution in [0.2, 0.25) is 0 Å². The maximum Gasteiger partial charge on any atom is 0.254 e. The Morgan fingerprint density at radius 1 is 1.27 bits per heavy atom. The van der Waals surface area contributed by atoms with E-state index in [9.17, 15) is 4.79 Å². The molecule has 2 aromatic rings. The molecule has 6 heteroatoms. The van der Waals surface area contributed by atoms with E-state index in [1.807, 2.05) is 21.7 Å². The molecule has 1 fully saturated rings. The quantitative estimate of drug-likeness (QED) is 0.861. The minimum atomic E-state index is 0.171. The highest BCUT2D eigenvalue weighted by Gasteiger charge is 2.20. The fourth-order valence-electron chi connectivity index (χ4n) is 2.71. The van der Waals surface area contributed by atoms with Crippen molar-refractivity contribution < 1.29 is 4.79 Å². The molecule has 0 atom stereocenters. The van der Waals surface area contributed by atoms with Crippen LogP contribution in [-0.4, -0.2) is 46.9 Å². The molecule has 0 saturated carbocycles. The van der Waals surface area contributed by atoms with E-state index in [2.05, 4.69) is 22.2 Å². The summed E-state index contributed by atoms with van der Waals surface area (Å²) in [7, 11) is 0. The third kappa shape index (κ3) is 3.74. The van der Waals surface area contributed by atoms with Crippen molar-refractivity contribution in [3.63, 3.8) is 0 Å². The zero-order valence-corrected chi connectivity index (χ0v) is 14.5. The van der Waals surface area contributed by atoms with E-state index in [1.165, 1.54) is 10.7 Å². The van der Waals surface area contributed by atoms with Crippen LogP contribution < -0.4 is 0 Å². The van der Waals surface area contributed by atoms with Crippen molar-refractivity contribution in [3.05, 3.63) is 38.5 Å². The van der Waals surface area contributed by atoms with Crippen molar-refractivity contribution in [2.24, 2.45) is 0 Å². The second kappa shape index (κ2) is 7.35. The molecule has 3 rings (SSSR count). The molecule has 0 aliphatic carbocycles. The number of aromatic nitrogens is 1. The molecule has 4 nitrogen and oxygen atoms in total. The molecule has 0 bridgehead atoms. The van der Waals surface area contributed by atoms with E-state index < -0.39 is 0 Å². The summed E-state index contributed by atoms with van der Waals surface area (Å²) < 4.78 is 0. The molecular weight excluding hydrogens is 314 g/mol. The first-order valence-electron chi connectivity index (χ1n) is 7.73. The fourth-order valence-corrected chi connectivity index (χ4v) is 4.08. The van der Waals surface area contributed by atoms with Gasteiger partial charge in [-0.3, -0.25) is 9.69 Å². The molecule has 0 N–H and O–H groups in total. The second-order valence-corrected chi connectivity index (χ2v) is 7.24. The summed E-state index contributed by atoms with van der Waals surface area (Å²) in [4.78, 5) is 21.5. The largest absolute Gasteiger partial charge is 0.337 e. The summed E-state index contributed by atoms with van der Waals surface area (Å²) in [5.74, 6) is 0.171. The van der Waals surface area contributed by atoms with Gasteiger partial charge in [0.1, 0.15) is 0 Å². The monoisotopic (exact) mass is 335 g/mol. The first-order valence-corrected chi connectivity index (χ1v) is 9.55. The number of carbonyl (C=O) groups excluding carboxylic acids is 1. The zero-order valence-electron chi connectivity index (χ0n) is 12.8. The first kappa shape index (κ1) is 15.6. The van der Waals surface area contributed by atoms with Gasteiger partial charge in [0.05, 0.1) is 16.3 Å². The van der Waals surface area contributed by atoms with Gasteiger partial charge in [0.2, 0.25) is 0 Å². The summed E-state index contributed by atoms with van der Waals surface area (Å²) in [6.07, 6.45) is 2.04. The Kier molecular flexibility index (Phi) is 5.23. The lowest BCUT2D eigenvalue weighted by Gasteiger charge is -2.21. The average Bonchev–Trinajstić information content (AvgIpc) is 3.16. The molecule has 1 aliphatic rings. The molecule has 0 spiro atoms. The van der Waals surface area contributed by atoms with Gasteiger partial charge in [0.15, 0.2) is 0 Å². The third-order valence-electron chi connectivity index (χ3n) is 3.93. The number of carbonyl (C=O) groups is 1. The van der Waals surface area contributed by atoms with Crippen LogP contribution in [0, 0.1) is 0 Å². The van der Waals surface area contributed by atoms with Crippen molar-refractivity contribution >= 4 is 28.6 Å². The van der Waals surface area contributed by atoms with Crippen LogP contribution in [0.3, 0.4) is 0 Å². The number of nitrogens with zero attached hydrogens (tertiary/aromatic N) is 3. The summed E-state index contributed by atoms with van der Waals surface area (Å²) in [5, 5.41) is 7.27. The molecule has 0 radical (unpaired) electrons. The average molecular weight is 335 g/mol. The molecule has 2 aromatic heterocycles. The topological polar surface area (TPSA) is 36.4 Å². The number of thiazole rings is 1. The Labute approximate surface area is 139 Å². The van der Waals surface area contributed by atoms with Crippen molar-refractivity contribution in [1.29, 1.82) is 0 Å². The van der Waals surface area contributed by atoms with Crippen LogP contribution in [0.15, 0.2) is 22.2 Å². The van der Waals surface area contributed by atoms with Crippen LogP contribution >= 0.6 is 22.7 Å². The fraction of sp³-hybridized carbons (Fsp3) is 0.500. The molecular formula is C16H21N3OS2. The highest BCUT2D eigenvalue weighted by Crippen LogP contribution is 2.15. The van der Waals surface area contributed by atoms with E-state index in [-0.39, 0.29) is 5.91 Å². The molecule has 1 amide bonds. The zero-order chi connectivity index (χ0) is 15.4. The predicted molar refractivity (Wildman–Crippen MR) is 91.6 cm³/mol. The maximum atomic E-state index is 12.4. The number of hydrogen-bond donors (Lipinski definition) is 0. The summed E-state index contributed by atoms with van der Waals surface area (Å²) >= 11 is 3.32. The normalized spacial score (nSPS) is 16.7. The third-order valence-corrected chi connectivity index (χ3v) is 5.66. The highest BCUT2D eigenvalue weighted by molar-refractivity contribution is 7.09. The summed E-state index contributed by atoms with van der Waals surface area (Å²) in [5.41, 5.74) is 1.99. The number of thiophene rings is 1. The molecule has 0 unspecified atom stereocenters. The molecule has 118 valence electrons. The van der Waals surface area contributed by atoms with Gasteiger partial charge >= 0.3 is 0 Å². The van der Waals surface area contributed by atoms with Crippen molar-refractivity contribution in [3.8, 4) is 0 Å². The molecule has 3 heterocycles. The Bertz CT molecular complexity index is 609. The van der Waals surface area contributed by atoms with Gasteiger partial charge in [-0.25, -0.2) is 4.98 Å². The second-order valence-electron chi connectivity index (χ2n) is 5.52. The molecule has 0 aromatic carbocycles. The maximum absolute atomic E-state index is 12.4. The van der Waals surface area contributed by atoms with Crippen LogP contribution in [0.4, 0.5) is 0 Å². The Balaban J connectivity index is 1.56. The van der Waals surface area contributed by atoms with Crippen LogP contribution in [0.5, 0.6) is 0 Å². The Morgan fingerprint density at radius 3 is 2.91 bits per heavy atom. The SMILES string of the molecule is CCc1nc(CN2CCCN(C(=O)c3ccsc3)CC2)cs1. The number of amides is 1. The van der Waals surface area contributed by atoms with E-state index >= 15 is 0 Å². The van der Waals surface area contributed by atoms with Gasteiger partial charge in [0.25, 0.3) is 5.91 Å². The van der Waals surface area contributed by atoms with E-state index in [0.717, 1.165) is 51.1 Å². The number of hydrogen-bond acceptors (Lipinski definition) is 5. The summed E-state index contributed by atoms with van der Waals surface area (Å²) in [6, 6.07) is 1.91. The van der Waals surface area contributed by atoms with Gasteiger partial charge in [-0.15, -0.1) is 11.3 Å². The Morgan fingerprint density at radius 2 is 2.18 bits per heavy atom. The molecule has 22 heavy (non-hydrogen) atoms. The smallest absolute Gasteiger partial charge is 0.254 e. The predicted octanol–water partition coefficient (Wildman–Crippen LogP) is 3.12. The number of rotatable bonds is 4. The Hall–Kier alpha value is -1.24. The minimum absolute atomic E-state index is 0.171. The van der Waals surface area contributed by atoms with Crippen molar-refractivity contribution in [2.75, 3.05) is 26.2 Å². The van der Waals surface area contributed by atoms with Crippen LogP contribution in [0.25, 0.3) is 0 Å². The highest BCUT2D eigenvalue weighted by atomic mass is 32.1. The first-order chi connectivity index (χ1) is 10.8. The lowest BCUT2D eigenvalue weighted by Crippen LogP contribution is -2.34. The lowest BCUT2D eigenvalue weighted by atomic mass is 10.3. The van der Waals surface area contributed by atoms with Crippen molar-refractivity contribution in [1.82, 2.24) is 14.8 Å².